The van der Waals surface area contributed by atoms with Gasteiger partial charge < -0.3 is 14.6 Å². The number of hydrogen-bond acceptors (Lipinski definition) is 7. The molecule has 2 amide bonds. The molecule has 1 aromatic carbocycles. The van der Waals surface area contributed by atoms with Crippen LogP contribution in [0.2, 0.25) is 0 Å². The van der Waals surface area contributed by atoms with Crippen molar-refractivity contribution in [2.75, 3.05) is 11.9 Å². The Labute approximate surface area is 176 Å². The third-order valence-corrected chi connectivity index (χ3v) is 6.60. The van der Waals surface area contributed by atoms with Crippen LogP contribution < -0.4 is 5.32 Å². The van der Waals surface area contributed by atoms with Gasteiger partial charge >= 0.3 is 0 Å². The fourth-order valence-corrected chi connectivity index (χ4v) is 5.19. The van der Waals surface area contributed by atoms with Crippen LogP contribution in [0.4, 0.5) is 5.69 Å². The zero-order chi connectivity index (χ0) is 20.4. The molecule has 29 heavy (non-hydrogen) atoms. The summed E-state index contributed by atoms with van der Waals surface area (Å²) < 4.78 is 6.09. The molecule has 4 rings (SSSR count). The lowest BCUT2D eigenvalue weighted by atomic mass is 10.1. The number of furan rings is 1. The van der Waals surface area contributed by atoms with Gasteiger partial charge in [0.05, 0.1) is 6.26 Å². The van der Waals surface area contributed by atoms with Crippen molar-refractivity contribution in [3.8, 4) is 0 Å². The van der Waals surface area contributed by atoms with Crippen LogP contribution in [0.3, 0.4) is 0 Å². The molecule has 1 saturated heterocycles. The first-order chi connectivity index (χ1) is 14.0. The van der Waals surface area contributed by atoms with Gasteiger partial charge in [-0.15, -0.1) is 10.2 Å². The molecular formula is C20H20N4O3S2. The molecule has 0 aliphatic carbocycles. The molecule has 0 radical (unpaired) electrons. The maximum absolute atomic E-state index is 12.9. The number of hydrogen-bond donors (Lipinski definition) is 1. The molecule has 1 aliphatic heterocycles. The SMILES string of the molecule is Cc1nnc(Sc2ccc(NC(=O)[C@@H]3CCCN3C(=O)c3ccco3)c(C)c2)s1. The van der Waals surface area contributed by atoms with E-state index < -0.39 is 6.04 Å². The number of nitrogens with one attached hydrogen (secondary N) is 1. The number of likely N-dealkylation sites (tertiary alicyclic amines) is 1. The smallest absolute Gasteiger partial charge is 0.290 e. The number of aryl methyl sites for hydroxylation is 2. The number of nitrogens with zero attached hydrogens (tertiary/aromatic N) is 3. The van der Waals surface area contributed by atoms with Crippen molar-refractivity contribution in [2.45, 2.75) is 42.0 Å². The van der Waals surface area contributed by atoms with Gasteiger partial charge in [-0.05, 0) is 62.6 Å². The van der Waals surface area contributed by atoms with E-state index >= 15 is 0 Å². The Morgan fingerprint density at radius 1 is 1.28 bits per heavy atom. The molecule has 1 atom stereocenters. The highest BCUT2D eigenvalue weighted by Crippen LogP contribution is 2.32. The summed E-state index contributed by atoms with van der Waals surface area (Å²) in [6.07, 6.45) is 2.90. The van der Waals surface area contributed by atoms with Crippen molar-refractivity contribution in [3.63, 3.8) is 0 Å². The van der Waals surface area contributed by atoms with Gasteiger partial charge in [0, 0.05) is 17.1 Å². The summed E-state index contributed by atoms with van der Waals surface area (Å²) in [5.41, 5.74) is 1.69. The largest absolute Gasteiger partial charge is 0.459 e. The molecule has 150 valence electrons. The predicted octanol–water partition coefficient (Wildman–Crippen LogP) is 4.14. The Kier molecular flexibility index (Phi) is 5.68. The van der Waals surface area contributed by atoms with Crippen LogP contribution in [0.1, 0.15) is 34.0 Å². The Balaban J connectivity index is 1.44. The molecule has 9 heteroatoms. The Morgan fingerprint density at radius 3 is 2.83 bits per heavy atom. The lowest BCUT2D eigenvalue weighted by Gasteiger charge is -2.23. The fraction of sp³-hybridized carbons (Fsp3) is 0.300. The van der Waals surface area contributed by atoms with Crippen LogP contribution in [0, 0.1) is 13.8 Å². The summed E-state index contributed by atoms with van der Waals surface area (Å²) in [5, 5.41) is 12.1. The predicted molar refractivity (Wildman–Crippen MR) is 111 cm³/mol. The van der Waals surface area contributed by atoms with Crippen molar-refractivity contribution < 1.29 is 14.0 Å². The summed E-state index contributed by atoms with van der Waals surface area (Å²) >= 11 is 3.09. The van der Waals surface area contributed by atoms with E-state index in [4.69, 9.17) is 4.42 Å². The summed E-state index contributed by atoms with van der Waals surface area (Å²) in [4.78, 5) is 28.1. The van der Waals surface area contributed by atoms with Crippen LogP contribution in [-0.4, -0.2) is 39.5 Å². The van der Waals surface area contributed by atoms with Crippen LogP contribution in [0.15, 0.2) is 50.2 Å². The van der Waals surface area contributed by atoms with Gasteiger partial charge in [0.1, 0.15) is 11.0 Å². The Morgan fingerprint density at radius 2 is 2.14 bits per heavy atom. The minimum Gasteiger partial charge on any atom is -0.459 e. The molecule has 3 heterocycles. The maximum Gasteiger partial charge on any atom is 0.290 e. The summed E-state index contributed by atoms with van der Waals surface area (Å²) in [6.45, 7) is 4.42. The van der Waals surface area contributed by atoms with Gasteiger partial charge in [-0.3, -0.25) is 9.59 Å². The average molecular weight is 429 g/mol. The van der Waals surface area contributed by atoms with E-state index in [-0.39, 0.29) is 17.6 Å². The second kappa shape index (κ2) is 8.38. The third kappa shape index (κ3) is 4.35. The van der Waals surface area contributed by atoms with E-state index in [2.05, 4.69) is 15.5 Å². The zero-order valence-electron chi connectivity index (χ0n) is 16.0. The first kappa shape index (κ1) is 19.7. The van der Waals surface area contributed by atoms with E-state index in [1.165, 1.54) is 6.26 Å². The monoisotopic (exact) mass is 428 g/mol. The van der Waals surface area contributed by atoms with Gasteiger partial charge in [-0.25, -0.2) is 0 Å². The minimum atomic E-state index is -0.495. The highest BCUT2D eigenvalue weighted by Gasteiger charge is 2.35. The van der Waals surface area contributed by atoms with Gasteiger partial charge in [0.2, 0.25) is 5.91 Å². The molecule has 1 N–H and O–H groups in total. The molecular weight excluding hydrogens is 408 g/mol. The molecule has 2 aromatic heterocycles. The van der Waals surface area contributed by atoms with E-state index in [0.717, 1.165) is 31.9 Å². The lowest BCUT2D eigenvalue weighted by molar-refractivity contribution is -0.119. The normalized spacial score (nSPS) is 16.2. The van der Waals surface area contributed by atoms with Crippen molar-refractivity contribution in [2.24, 2.45) is 0 Å². The molecule has 7 nitrogen and oxygen atoms in total. The Hall–Kier alpha value is -2.65. The average Bonchev–Trinajstić information content (AvgIpc) is 3.45. The topological polar surface area (TPSA) is 88.3 Å². The number of amides is 2. The first-order valence-electron chi connectivity index (χ1n) is 9.25. The van der Waals surface area contributed by atoms with E-state index in [9.17, 15) is 9.59 Å². The second-order valence-corrected chi connectivity index (χ2v) is 9.29. The maximum atomic E-state index is 12.9. The van der Waals surface area contributed by atoms with E-state index in [1.54, 1.807) is 40.1 Å². The van der Waals surface area contributed by atoms with Crippen molar-refractivity contribution >= 4 is 40.6 Å². The summed E-state index contributed by atoms with van der Waals surface area (Å²) in [6, 6.07) is 8.64. The second-order valence-electron chi connectivity index (χ2n) is 6.79. The zero-order valence-corrected chi connectivity index (χ0v) is 17.7. The summed E-state index contributed by atoms with van der Waals surface area (Å²) in [5.74, 6) is -0.164. The van der Waals surface area contributed by atoms with Crippen LogP contribution in [0.25, 0.3) is 0 Å². The molecule has 3 aromatic rings. The van der Waals surface area contributed by atoms with Crippen molar-refractivity contribution in [3.05, 3.63) is 52.9 Å². The number of rotatable bonds is 5. The minimum absolute atomic E-state index is 0.175. The van der Waals surface area contributed by atoms with Crippen LogP contribution >= 0.6 is 23.1 Å². The molecule has 1 fully saturated rings. The fourth-order valence-electron chi connectivity index (χ4n) is 3.30. The first-order valence-corrected chi connectivity index (χ1v) is 10.9. The molecule has 0 bridgehead atoms. The number of aromatic nitrogens is 2. The summed E-state index contributed by atoms with van der Waals surface area (Å²) in [7, 11) is 0. The molecule has 0 spiro atoms. The quantitative estimate of drug-likeness (QED) is 0.657. The van der Waals surface area contributed by atoms with Gasteiger partial charge in [0.15, 0.2) is 10.1 Å². The lowest BCUT2D eigenvalue weighted by Crippen LogP contribution is -2.43. The van der Waals surface area contributed by atoms with Crippen molar-refractivity contribution in [1.82, 2.24) is 15.1 Å². The molecule has 1 aliphatic rings. The highest BCUT2D eigenvalue weighted by atomic mass is 32.2. The van der Waals surface area contributed by atoms with Crippen molar-refractivity contribution in [1.29, 1.82) is 0 Å². The Bertz CT molecular complexity index is 1030. The van der Waals surface area contributed by atoms with E-state index in [1.807, 2.05) is 32.0 Å². The number of carbonyl (C=O) groups is 2. The highest BCUT2D eigenvalue weighted by molar-refractivity contribution is 8.01. The number of benzene rings is 1. The molecule has 0 unspecified atom stereocenters. The number of carbonyl (C=O) groups excluding carboxylic acids is 2. The van der Waals surface area contributed by atoms with Gasteiger partial charge in [-0.1, -0.05) is 23.1 Å². The van der Waals surface area contributed by atoms with Crippen LogP contribution in [-0.2, 0) is 4.79 Å². The van der Waals surface area contributed by atoms with E-state index in [0.29, 0.717) is 13.0 Å². The van der Waals surface area contributed by atoms with Gasteiger partial charge in [0.25, 0.3) is 5.91 Å². The third-order valence-electron chi connectivity index (χ3n) is 4.72. The molecule has 0 saturated carbocycles. The number of anilines is 1. The standard InChI is InChI=1S/C20H20N4O3S2/c1-12-11-14(29-20-23-22-13(2)28-20)7-8-15(12)21-18(25)16-5-3-9-24(16)19(26)17-6-4-10-27-17/h4,6-8,10-11,16H,3,5,9H2,1-2H3,(H,21,25)/t16-/m0/s1. The van der Waals surface area contributed by atoms with Crippen LogP contribution in [0.5, 0.6) is 0 Å². The van der Waals surface area contributed by atoms with Gasteiger partial charge in [-0.2, -0.15) is 0 Å².